The van der Waals surface area contributed by atoms with Gasteiger partial charge in [-0.05, 0) is 42.9 Å². The van der Waals surface area contributed by atoms with E-state index in [1.54, 1.807) is 14.2 Å². The lowest BCUT2D eigenvalue weighted by Gasteiger charge is -2.17. The van der Waals surface area contributed by atoms with Crippen LogP contribution in [-0.2, 0) is 24.1 Å². The summed E-state index contributed by atoms with van der Waals surface area (Å²) in [5, 5.41) is 15.9. The largest absolute Gasteiger partial charge is 0.493 e. The van der Waals surface area contributed by atoms with Gasteiger partial charge in [0.2, 0.25) is 5.91 Å². The quantitative estimate of drug-likeness (QED) is 0.563. The Labute approximate surface area is 189 Å². The molecule has 1 aromatic carbocycles. The number of hydrogen-bond acceptors (Lipinski definition) is 7. The van der Waals surface area contributed by atoms with Crippen LogP contribution in [0.3, 0.4) is 0 Å². The number of ether oxygens (including phenoxy) is 2. The molecule has 1 unspecified atom stereocenters. The van der Waals surface area contributed by atoms with Crippen LogP contribution in [0.5, 0.6) is 11.5 Å². The van der Waals surface area contributed by atoms with E-state index < -0.39 is 0 Å². The molecule has 1 atom stereocenters. The highest BCUT2D eigenvalue weighted by Crippen LogP contribution is 2.40. The highest BCUT2D eigenvalue weighted by atomic mass is 32.1. The van der Waals surface area contributed by atoms with E-state index in [0.717, 1.165) is 35.4 Å². The monoisotopic (exact) mass is 453 g/mol. The molecule has 8 heteroatoms. The van der Waals surface area contributed by atoms with Crippen molar-refractivity contribution >= 4 is 33.6 Å². The summed E-state index contributed by atoms with van der Waals surface area (Å²) in [6.07, 6.45) is 3.11. The zero-order valence-electron chi connectivity index (χ0n) is 17.7. The maximum Gasteiger partial charge on any atom is 0.231 e. The van der Waals surface area contributed by atoms with Gasteiger partial charge in [0.15, 0.2) is 11.5 Å². The van der Waals surface area contributed by atoms with E-state index in [-0.39, 0.29) is 12.3 Å². The van der Waals surface area contributed by atoms with Gasteiger partial charge in [-0.15, -0.1) is 22.7 Å². The molecule has 0 fully saturated rings. The van der Waals surface area contributed by atoms with Crippen molar-refractivity contribution < 1.29 is 14.3 Å². The SMILES string of the molecule is COc1cccc(-c2nc(CC(=O)Nc3sc4c(c3C#N)CCC(C)C4)cs2)c1OC. The Morgan fingerprint density at radius 1 is 1.35 bits per heavy atom. The number of carbonyl (C=O) groups excluding carboxylic acids is 1. The highest BCUT2D eigenvalue weighted by molar-refractivity contribution is 7.16. The first kappa shape index (κ1) is 21.3. The van der Waals surface area contributed by atoms with E-state index in [1.165, 1.54) is 27.6 Å². The second kappa shape index (κ2) is 9.08. The number of anilines is 1. The van der Waals surface area contributed by atoms with Gasteiger partial charge < -0.3 is 14.8 Å². The molecule has 2 aromatic heterocycles. The van der Waals surface area contributed by atoms with Gasteiger partial charge in [-0.25, -0.2) is 4.98 Å². The minimum absolute atomic E-state index is 0.145. The molecule has 2 heterocycles. The van der Waals surface area contributed by atoms with Crippen LogP contribution >= 0.6 is 22.7 Å². The summed E-state index contributed by atoms with van der Waals surface area (Å²) in [6.45, 7) is 2.23. The number of hydrogen-bond donors (Lipinski definition) is 1. The van der Waals surface area contributed by atoms with Gasteiger partial charge >= 0.3 is 0 Å². The molecule has 4 rings (SSSR count). The summed E-state index contributed by atoms with van der Waals surface area (Å²) in [5.41, 5.74) is 3.24. The highest BCUT2D eigenvalue weighted by Gasteiger charge is 2.25. The van der Waals surface area contributed by atoms with Gasteiger partial charge in [-0.3, -0.25) is 4.79 Å². The molecule has 6 nitrogen and oxygen atoms in total. The number of nitrogens with one attached hydrogen (secondary N) is 1. The molecule has 0 spiro atoms. The Balaban J connectivity index is 1.51. The first-order valence-corrected chi connectivity index (χ1v) is 11.7. The zero-order chi connectivity index (χ0) is 22.0. The molecule has 31 heavy (non-hydrogen) atoms. The number of fused-ring (bicyclic) bond motifs is 1. The van der Waals surface area contributed by atoms with Crippen LogP contribution in [0.2, 0.25) is 0 Å². The van der Waals surface area contributed by atoms with E-state index >= 15 is 0 Å². The molecular formula is C23H23N3O3S2. The first-order valence-electron chi connectivity index (χ1n) is 10.0. The smallest absolute Gasteiger partial charge is 0.231 e. The van der Waals surface area contributed by atoms with Crippen molar-refractivity contribution in [2.75, 3.05) is 19.5 Å². The molecule has 0 radical (unpaired) electrons. The summed E-state index contributed by atoms with van der Waals surface area (Å²) in [7, 11) is 3.19. The molecule has 0 aliphatic heterocycles. The van der Waals surface area contributed by atoms with Gasteiger partial charge in [0.05, 0.1) is 37.5 Å². The van der Waals surface area contributed by atoms with Crippen molar-refractivity contribution in [3.05, 3.63) is 45.3 Å². The molecule has 1 aliphatic rings. The van der Waals surface area contributed by atoms with Crippen LogP contribution in [0.4, 0.5) is 5.00 Å². The second-order valence-electron chi connectivity index (χ2n) is 7.58. The van der Waals surface area contributed by atoms with Crippen molar-refractivity contribution in [3.63, 3.8) is 0 Å². The van der Waals surface area contributed by atoms with Gasteiger partial charge in [0.25, 0.3) is 0 Å². The van der Waals surface area contributed by atoms with Crippen LogP contribution in [0, 0.1) is 17.2 Å². The average molecular weight is 454 g/mol. The van der Waals surface area contributed by atoms with Crippen LogP contribution in [-0.4, -0.2) is 25.1 Å². The molecule has 0 saturated carbocycles. The molecule has 1 aliphatic carbocycles. The van der Waals surface area contributed by atoms with Crippen molar-refractivity contribution in [1.29, 1.82) is 5.26 Å². The lowest BCUT2D eigenvalue weighted by Crippen LogP contribution is -2.14. The number of thiazole rings is 1. The lowest BCUT2D eigenvalue weighted by atomic mass is 9.89. The fraction of sp³-hybridized carbons (Fsp3) is 0.348. The number of thiophene rings is 1. The normalized spacial score (nSPS) is 15.1. The fourth-order valence-corrected chi connectivity index (χ4v) is 6.08. The molecular weight excluding hydrogens is 430 g/mol. The number of nitriles is 1. The Kier molecular flexibility index (Phi) is 6.25. The Morgan fingerprint density at radius 2 is 2.19 bits per heavy atom. The Bertz CT molecular complexity index is 1160. The third kappa shape index (κ3) is 4.29. The molecule has 1 N–H and O–H groups in total. The van der Waals surface area contributed by atoms with Crippen molar-refractivity contribution in [2.45, 2.75) is 32.6 Å². The number of nitrogens with zero attached hydrogens (tertiary/aromatic N) is 2. The van der Waals surface area contributed by atoms with Gasteiger partial charge in [-0.2, -0.15) is 5.26 Å². The van der Waals surface area contributed by atoms with Crippen LogP contribution in [0.25, 0.3) is 10.6 Å². The molecule has 0 saturated heterocycles. The number of methoxy groups -OCH3 is 2. The van der Waals surface area contributed by atoms with Crippen molar-refractivity contribution in [3.8, 4) is 28.1 Å². The summed E-state index contributed by atoms with van der Waals surface area (Å²) >= 11 is 2.99. The number of aromatic nitrogens is 1. The summed E-state index contributed by atoms with van der Waals surface area (Å²) in [6, 6.07) is 7.92. The van der Waals surface area contributed by atoms with Gasteiger partial charge in [-0.1, -0.05) is 13.0 Å². The molecule has 3 aromatic rings. The van der Waals surface area contributed by atoms with E-state index in [9.17, 15) is 10.1 Å². The maximum absolute atomic E-state index is 12.7. The van der Waals surface area contributed by atoms with E-state index in [0.29, 0.717) is 33.7 Å². The number of para-hydroxylation sites is 1. The van der Waals surface area contributed by atoms with Crippen molar-refractivity contribution in [1.82, 2.24) is 4.98 Å². The summed E-state index contributed by atoms with van der Waals surface area (Å²) < 4.78 is 10.9. The van der Waals surface area contributed by atoms with E-state index in [1.807, 2.05) is 23.6 Å². The fourth-order valence-electron chi connectivity index (χ4n) is 3.86. The van der Waals surface area contributed by atoms with Crippen LogP contribution < -0.4 is 14.8 Å². The second-order valence-corrected chi connectivity index (χ2v) is 9.54. The number of carbonyl (C=O) groups is 1. The summed E-state index contributed by atoms with van der Waals surface area (Å²) in [4.78, 5) is 18.6. The number of benzene rings is 1. The molecule has 160 valence electrons. The van der Waals surface area contributed by atoms with Crippen LogP contribution in [0.1, 0.15) is 35.0 Å². The lowest BCUT2D eigenvalue weighted by molar-refractivity contribution is -0.115. The van der Waals surface area contributed by atoms with Crippen molar-refractivity contribution in [2.24, 2.45) is 5.92 Å². The maximum atomic E-state index is 12.7. The molecule has 1 amide bonds. The number of amides is 1. The van der Waals surface area contributed by atoms with Crippen LogP contribution in [0.15, 0.2) is 23.6 Å². The standard InChI is InChI=1S/C23H23N3O3S2/c1-13-7-8-15-17(11-24)23(31-19(15)9-13)26-20(27)10-14-12-30-22(25-14)16-5-4-6-18(28-2)21(16)29-3/h4-6,12-13H,7-10H2,1-3H3,(H,26,27). The minimum Gasteiger partial charge on any atom is -0.493 e. The topological polar surface area (TPSA) is 84.2 Å². The predicted octanol–water partition coefficient (Wildman–Crippen LogP) is 5.07. The molecule has 0 bridgehead atoms. The third-order valence-electron chi connectivity index (χ3n) is 5.40. The van der Waals surface area contributed by atoms with E-state index in [4.69, 9.17) is 9.47 Å². The Hall–Kier alpha value is -2.89. The Morgan fingerprint density at radius 3 is 2.94 bits per heavy atom. The minimum atomic E-state index is -0.169. The average Bonchev–Trinajstić information content (AvgIpc) is 3.36. The number of rotatable bonds is 6. The van der Waals surface area contributed by atoms with E-state index in [2.05, 4.69) is 23.3 Å². The summed E-state index contributed by atoms with van der Waals surface area (Å²) in [5.74, 6) is 1.70. The third-order valence-corrected chi connectivity index (χ3v) is 7.50. The van der Waals surface area contributed by atoms with Gasteiger partial charge in [0.1, 0.15) is 16.1 Å². The first-order chi connectivity index (χ1) is 15.0. The zero-order valence-corrected chi connectivity index (χ0v) is 19.3. The van der Waals surface area contributed by atoms with Gasteiger partial charge in [0, 0.05) is 10.3 Å². The predicted molar refractivity (Wildman–Crippen MR) is 123 cm³/mol.